The van der Waals surface area contributed by atoms with Gasteiger partial charge in [0, 0.05) is 0 Å². The van der Waals surface area contributed by atoms with Crippen molar-refractivity contribution >= 4 is 28.8 Å². The molecule has 1 aromatic carbocycles. The number of amidine groups is 1. The van der Waals surface area contributed by atoms with Crippen LogP contribution in [0.1, 0.15) is 52.6 Å². The summed E-state index contributed by atoms with van der Waals surface area (Å²) in [5.74, 6) is 0.268. The number of hydrogen-bond acceptors (Lipinski definition) is 6. The summed E-state index contributed by atoms with van der Waals surface area (Å²) in [6.07, 6.45) is 0.667. The maximum atomic E-state index is 12.9. The van der Waals surface area contributed by atoms with Gasteiger partial charge in [-0.05, 0) is 51.8 Å². The summed E-state index contributed by atoms with van der Waals surface area (Å²) < 4.78 is 11.1. The molecule has 1 saturated heterocycles. The maximum Gasteiger partial charge on any atom is 0.338 e. The van der Waals surface area contributed by atoms with E-state index in [0.717, 1.165) is 17.7 Å². The van der Waals surface area contributed by atoms with Crippen molar-refractivity contribution in [2.24, 2.45) is 4.99 Å². The number of allylic oxidation sites excluding steroid dienone is 1. The summed E-state index contributed by atoms with van der Waals surface area (Å²) in [7, 11) is 0. The van der Waals surface area contributed by atoms with Crippen LogP contribution in [-0.4, -0.2) is 39.9 Å². The Morgan fingerprint density at radius 3 is 2.57 bits per heavy atom. The minimum absolute atomic E-state index is 0.0533. The van der Waals surface area contributed by atoms with E-state index in [0.29, 0.717) is 23.0 Å². The molecule has 0 aliphatic carbocycles. The first-order chi connectivity index (χ1) is 13.3. The number of ether oxygens (including phenoxy) is 2. The number of hydrogen-bond donors (Lipinski definition) is 0. The normalized spacial score (nSPS) is 21.7. The fraction of sp³-hybridized carbons (Fsp3) is 0.476. The first-order valence-electron chi connectivity index (χ1n) is 9.56. The van der Waals surface area contributed by atoms with Crippen LogP contribution in [0.15, 0.2) is 40.5 Å². The highest BCUT2D eigenvalue weighted by molar-refractivity contribution is 8.15. The Morgan fingerprint density at radius 2 is 1.96 bits per heavy atom. The average Bonchev–Trinajstić information content (AvgIpc) is 2.92. The SMILES string of the molecule is CCCOc1ccc([C@@H]2C(C(=O)OC(C)C)=C(C)N=C3S[C@@H](C)C(=O)N32)cc1. The number of esters is 1. The maximum absolute atomic E-state index is 12.9. The Bertz CT molecular complexity index is 829. The molecule has 1 amide bonds. The van der Waals surface area contributed by atoms with Gasteiger partial charge in [0.2, 0.25) is 5.91 Å². The number of thioether (sulfide) groups is 1. The number of fused-ring (bicyclic) bond motifs is 1. The number of aliphatic imine (C=N–C) groups is 1. The molecule has 0 aromatic heterocycles. The van der Waals surface area contributed by atoms with E-state index in [2.05, 4.69) is 11.9 Å². The van der Waals surface area contributed by atoms with Crippen LogP contribution >= 0.6 is 11.8 Å². The van der Waals surface area contributed by atoms with Crippen LogP contribution in [0.2, 0.25) is 0 Å². The van der Waals surface area contributed by atoms with Crippen molar-refractivity contribution in [1.29, 1.82) is 0 Å². The van der Waals surface area contributed by atoms with Crippen LogP contribution in [0.3, 0.4) is 0 Å². The minimum atomic E-state index is -0.552. The van der Waals surface area contributed by atoms with Crippen molar-refractivity contribution in [2.75, 3.05) is 6.61 Å². The van der Waals surface area contributed by atoms with Crippen molar-refractivity contribution in [3.05, 3.63) is 41.1 Å². The molecule has 7 heteroatoms. The molecular weight excluding hydrogens is 376 g/mol. The third-order valence-corrected chi connectivity index (χ3v) is 5.54. The van der Waals surface area contributed by atoms with Gasteiger partial charge in [-0.25, -0.2) is 9.79 Å². The quantitative estimate of drug-likeness (QED) is 0.671. The molecule has 2 aliphatic heterocycles. The van der Waals surface area contributed by atoms with Gasteiger partial charge in [-0.2, -0.15) is 0 Å². The van der Waals surface area contributed by atoms with Gasteiger partial charge in [0.15, 0.2) is 5.17 Å². The molecule has 6 nitrogen and oxygen atoms in total. The van der Waals surface area contributed by atoms with Gasteiger partial charge in [0.1, 0.15) is 5.75 Å². The van der Waals surface area contributed by atoms with Gasteiger partial charge in [-0.1, -0.05) is 30.8 Å². The van der Waals surface area contributed by atoms with E-state index in [4.69, 9.17) is 9.47 Å². The van der Waals surface area contributed by atoms with Gasteiger partial charge in [-0.3, -0.25) is 9.69 Å². The summed E-state index contributed by atoms with van der Waals surface area (Å²) in [6.45, 7) is 9.95. The monoisotopic (exact) mass is 402 g/mol. The van der Waals surface area contributed by atoms with Crippen molar-refractivity contribution in [3.8, 4) is 5.75 Å². The molecule has 0 bridgehead atoms. The molecule has 0 saturated carbocycles. The minimum Gasteiger partial charge on any atom is -0.494 e. The van der Waals surface area contributed by atoms with E-state index in [1.807, 2.05) is 31.2 Å². The van der Waals surface area contributed by atoms with Crippen LogP contribution < -0.4 is 4.74 Å². The van der Waals surface area contributed by atoms with Crippen LogP contribution in [0.4, 0.5) is 0 Å². The third kappa shape index (κ3) is 3.94. The standard InChI is InChI=1S/C21H26N2O4S/c1-6-11-26-16-9-7-15(8-10-16)18-17(20(25)27-12(2)3)13(4)22-21-23(18)19(24)14(5)28-21/h7-10,12,14,18H,6,11H2,1-5H3/t14-,18+/m0/s1. The molecule has 1 aromatic rings. The largest absolute Gasteiger partial charge is 0.494 e. The number of carbonyl (C=O) groups is 2. The van der Waals surface area contributed by atoms with Crippen molar-refractivity contribution in [3.63, 3.8) is 0 Å². The van der Waals surface area contributed by atoms with E-state index in [1.54, 1.807) is 25.7 Å². The lowest BCUT2D eigenvalue weighted by atomic mass is 9.94. The van der Waals surface area contributed by atoms with E-state index >= 15 is 0 Å². The Morgan fingerprint density at radius 1 is 1.29 bits per heavy atom. The fourth-order valence-electron chi connectivity index (χ4n) is 3.22. The molecule has 2 aliphatic rings. The fourth-order valence-corrected chi connectivity index (χ4v) is 4.25. The molecule has 0 unspecified atom stereocenters. The zero-order valence-corrected chi connectivity index (χ0v) is 17.7. The predicted octanol–water partition coefficient (Wildman–Crippen LogP) is 4.08. The zero-order chi connectivity index (χ0) is 20.4. The number of nitrogens with zero attached hydrogens (tertiary/aromatic N) is 2. The van der Waals surface area contributed by atoms with E-state index in [9.17, 15) is 9.59 Å². The molecule has 2 atom stereocenters. The third-order valence-electron chi connectivity index (χ3n) is 4.49. The lowest BCUT2D eigenvalue weighted by Gasteiger charge is -2.33. The molecular formula is C21H26N2O4S. The first kappa shape index (κ1) is 20.5. The highest BCUT2D eigenvalue weighted by Gasteiger charge is 2.46. The van der Waals surface area contributed by atoms with Crippen LogP contribution in [0.25, 0.3) is 0 Å². The molecule has 0 radical (unpaired) electrons. The topological polar surface area (TPSA) is 68.2 Å². The molecule has 3 rings (SSSR count). The highest BCUT2D eigenvalue weighted by Crippen LogP contribution is 2.43. The second kappa shape index (κ2) is 8.39. The summed E-state index contributed by atoms with van der Waals surface area (Å²) in [6, 6.07) is 6.98. The lowest BCUT2D eigenvalue weighted by Crippen LogP contribution is -2.40. The molecule has 1 fully saturated rings. The van der Waals surface area contributed by atoms with Crippen LogP contribution in [0.5, 0.6) is 5.75 Å². The number of benzene rings is 1. The summed E-state index contributed by atoms with van der Waals surface area (Å²) >= 11 is 1.42. The Kier molecular flexibility index (Phi) is 6.13. The van der Waals surface area contributed by atoms with Gasteiger partial charge in [0.05, 0.1) is 35.3 Å². The van der Waals surface area contributed by atoms with E-state index in [1.165, 1.54) is 11.8 Å². The van der Waals surface area contributed by atoms with Crippen LogP contribution in [0, 0.1) is 0 Å². The van der Waals surface area contributed by atoms with Crippen molar-refractivity contribution in [2.45, 2.75) is 58.4 Å². The zero-order valence-electron chi connectivity index (χ0n) is 16.9. The predicted molar refractivity (Wildman–Crippen MR) is 110 cm³/mol. The number of carbonyl (C=O) groups excluding carboxylic acids is 2. The summed E-state index contributed by atoms with van der Waals surface area (Å²) in [5.41, 5.74) is 1.82. The molecule has 150 valence electrons. The van der Waals surface area contributed by atoms with Crippen molar-refractivity contribution < 1.29 is 19.1 Å². The second-order valence-electron chi connectivity index (χ2n) is 7.14. The smallest absolute Gasteiger partial charge is 0.338 e. The Hall–Kier alpha value is -2.28. The van der Waals surface area contributed by atoms with Gasteiger partial charge in [-0.15, -0.1) is 0 Å². The van der Waals surface area contributed by atoms with Gasteiger partial charge in [0.25, 0.3) is 0 Å². The van der Waals surface area contributed by atoms with E-state index in [-0.39, 0.29) is 17.3 Å². The first-order valence-corrected chi connectivity index (χ1v) is 10.4. The molecule has 0 N–H and O–H groups in total. The average molecular weight is 403 g/mol. The number of rotatable bonds is 6. The molecule has 28 heavy (non-hydrogen) atoms. The van der Waals surface area contributed by atoms with Gasteiger partial charge >= 0.3 is 5.97 Å². The summed E-state index contributed by atoms with van der Waals surface area (Å²) in [5, 5.41) is 0.397. The summed E-state index contributed by atoms with van der Waals surface area (Å²) in [4.78, 5) is 31.9. The van der Waals surface area contributed by atoms with E-state index < -0.39 is 12.0 Å². The van der Waals surface area contributed by atoms with Gasteiger partial charge < -0.3 is 9.47 Å². The second-order valence-corrected chi connectivity index (χ2v) is 8.44. The molecule has 0 spiro atoms. The molecule has 2 heterocycles. The van der Waals surface area contributed by atoms with Crippen LogP contribution in [-0.2, 0) is 14.3 Å². The number of amides is 1. The van der Waals surface area contributed by atoms with Crippen molar-refractivity contribution in [1.82, 2.24) is 4.90 Å². The highest BCUT2D eigenvalue weighted by atomic mass is 32.2. The Labute approximate surface area is 170 Å². The lowest BCUT2D eigenvalue weighted by molar-refractivity contribution is -0.143. The Balaban J connectivity index is 2.03.